The fraction of sp³-hybridized carbons (Fsp3) is 0.462. The lowest BCUT2D eigenvalue weighted by molar-refractivity contribution is 0.626. The molecule has 1 aromatic heterocycles. The summed E-state index contributed by atoms with van der Waals surface area (Å²) in [7, 11) is 0. The summed E-state index contributed by atoms with van der Waals surface area (Å²) in [6.07, 6.45) is 11.2. The molecule has 0 spiro atoms. The van der Waals surface area contributed by atoms with Gasteiger partial charge in [0.2, 0.25) is 0 Å². The van der Waals surface area contributed by atoms with Gasteiger partial charge in [-0.3, -0.25) is 4.98 Å². The van der Waals surface area contributed by atoms with E-state index in [0.717, 1.165) is 44.5 Å². The zero-order chi connectivity index (χ0) is 10.8. The Morgan fingerprint density at radius 2 is 2.20 bits per heavy atom. The van der Waals surface area contributed by atoms with Gasteiger partial charge in [-0.15, -0.1) is 12.3 Å². The van der Waals surface area contributed by atoms with Crippen molar-refractivity contribution in [2.24, 2.45) is 0 Å². The van der Waals surface area contributed by atoms with Crippen LogP contribution in [0.25, 0.3) is 0 Å². The number of hydrogen-bond acceptors (Lipinski definition) is 2. The summed E-state index contributed by atoms with van der Waals surface area (Å²) in [4.78, 5) is 4.26. The summed E-state index contributed by atoms with van der Waals surface area (Å²) < 4.78 is 0. The Labute approximate surface area is 92.1 Å². The van der Waals surface area contributed by atoms with Crippen LogP contribution in [0.1, 0.15) is 25.0 Å². The van der Waals surface area contributed by atoms with Gasteiger partial charge in [-0.2, -0.15) is 0 Å². The van der Waals surface area contributed by atoms with Crippen LogP contribution in [-0.2, 0) is 6.42 Å². The molecule has 0 fully saturated rings. The van der Waals surface area contributed by atoms with E-state index in [1.165, 1.54) is 0 Å². The minimum atomic E-state index is 0.891. The van der Waals surface area contributed by atoms with Crippen molar-refractivity contribution in [3.63, 3.8) is 0 Å². The predicted molar refractivity (Wildman–Crippen MR) is 63.5 cm³/mol. The molecule has 0 unspecified atom stereocenters. The molecule has 0 amide bonds. The third kappa shape index (κ3) is 5.87. The minimum Gasteiger partial charge on any atom is -0.316 e. The number of terminal acetylenes is 1. The van der Waals surface area contributed by atoms with Crippen molar-refractivity contribution < 1.29 is 0 Å². The Hall–Kier alpha value is -1.33. The van der Waals surface area contributed by atoms with Crippen molar-refractivity contribution in [1.82, 2.24) is 10.3 Å². The average molecular weight is 202 g/mol. The van der Waals surface area contributed by atoms with Crippen LogP contribution in [0.3, 0.4) is 0 Å². The number of nitrogens with zero attached hydrogens (tertiary/aromatic N) is 1. The lowest BCUT2D eigenvalue weighted by atomic mass is 10.2. The summed E-state index contributed by atoms with van der Waals surface area (Å²) in [5, 5.41) is 3.38. The second kappa shape index (κ2) is 8.02. The monoisotopic (exact) mass is 202 g/mol. The van der Waals surface area contributed by atoms with Crippen LogP contribution in [0.15, 0.2) is 24.4 Å². The molecule has 0 aliphatic rings. The largest absolute Gasteiger partial charge is 0.316 e. The molecule has 1 rings (SSSR count). The van der Waals surface area contributed by atoms with E-state index in [-0.39, 0.29) is 0 Å². The van der Waals surface area contributed by atoms with E-state index in [2.05, 4.69) is 22.3 Å². The molecule has 1 aromatic rings. The second-order valence-electron chi connectivity index (χ2n) is 3.48. The molecule has 0 aliphatic carbocycles. The number of pyridine rings is 1. The van der Waals surface area contributed by atoms with E-state index in [4.69, 9.17) is 6.42 Å². The Kier molecular flexibility index (Phi) is 6.28. The highest BCUT2D eigenvalue weighted by Gasteiger charge is 1.92. The van der Waals surface area contributed by atoms with Crippen LogP contribution >= 0.6 is 0 Å². The first-order valence-corrected chi connectivity index (χ1v) is 5.47. The lowest BCUT2D eigenvalue weighted by Crippen LogP contribution is -2.18. The first-order chi connectivity index (χ1) is 7.43. The van der Waals surface area contributed by atoms with Crippen LogP contribution in [0.2, 0.25) is 0 Å². The number of hydrogen-bond donors (Lipinski definition) is 1. The third-order valence-electron chi connectivity index (χ3n) is 2.21. The standard InChI is InChI=1S/C13H18N2/c1-2-3-4-6-10-14-12-9-13-8-5-7-11-15-13/h1,5,7-8,11,14H,3-4,6,9-10,12H2. The maximum Gasteiger partial charge on any atom is 0.0416 e. The fourth-order valence-corrected chi connectivity index (χ4v) is 1.36. The van der Waals surface area contributed by atoms with Crippen LogP contribution in [0.5, 0.6) is 0 Å². The van der Waals surface area contributed by atoms with Gasteiger partial charge in [0.1, 0.15) is 0 Å². The summed E-state index contributed by atoms with van der Waals surface area (Å²) in [5.74, 6) is 2.65. The van der Waals surface area contributed by atoms with Gasteiger partial charge in [0, 0.05) is 31.3 Å². The summed E-state index contributed by atoms with van der Waals surface area (Å²) in [5.41, 5.74) is 1.15. The number of rotatable bonds is 7. The predicted octanol–water partition coefficient (Wildman–Crippen LogP) is 2.02. The molecule has 0 aliphatic heterocycles. The lowest BCUT2D eigenvalue weighted by Gasteiger charge is -2.03. The first kappa shape index (κ1) is 11.7. The van der Waals surface area contributed by atoms with Crippen molar-refractivity contribution in [3.05, 3.63) is 30.1 Å². The molecule has 0 saturated heterocycles. The highest BCUT2D eigenvalue weighted by atomic mass is 14.8. The molecule has 0 atom stereocenters. The van der Waals surface area contributed by atoms with Crippen LogP contribution in [0, 0.1) is 12.3 Å². The van der Waals surface area contributed by atoms with Crippen molar-refractivity contribution in [3.8, 4) is 12.3 Å². The molecule has 2 nitrogen and oxygen atoms in total. The van der Waals surface area contributed by atoms with Crippen molar-refractivity contribution in [2.45, 2.75) is 25.7 Å². The normalized spacial score (nSPS) is 9.80. The van der Waals surface area contributed by atoms with Crippen molar-refractivity contribution >= 4 is 0 Å². The Balaban J connectivity index is 1.96. The number of unbranched alkanes of at least 4 members (excludes halogenated alkanes) is 2. The zero-order valence-corrected chi connectivity index (χ0v) is 9.08. The Morgan fingerprint density at radius 1 is 1.27 bits per heavy atom. The van der Waals surface area contributed by atoms with E-state index in [1.54, 1.807) is 0 Å². The highest BCUT2D eigenvalue weighted by Crippen LogP contribution is 1.94. The number of nitrogens with one attached hydrogen (secondary N) is 1. The molecule has 15 heavy (non-hydrogen) atoms. The van der Waals surface area contributed by atoms with Crippen LogP contribution < -0.4 is 5.32 Å². The SMILES string of the molecule is C#CCCCCNCCc1ccccn1. The van der Waals surface area contributed by atoms with E-state index in [0.29, 0.717) is 0 Å². The van der Waals surface area contributed by atoms with Gasteiger partial charge in [-0.05, 0) is 31.5 Å². The van der Waals surface area contributed by atoms with Crippen LogP contribution in [-0.4, -0.2) is 18.1 Å². The topological polar surface area (TPSA) is 24.9 Å². The van der Waals surface area contributed by atoms with E-state index < -0.39 is 0 Å². The maximum atomic E-state index is 5.17. The zero-order valence-electron chi connectivity index (χ0n) is 9.08. The number of aromatic nitrogens is 1. The van der Waals surface area contributed by atoms with Crippen molar-refractivity contribution in [2.75, 3.05) is 13.1 Å². The maximum absolute atomic E-state index is 5.17. The molecule has 80 valence electrons. The Morgan fingerprint density at radius 3 is 2.93 bits per heavy atom. The fourth-order valence-electron chi connectivity index (χ4n) is 1.36. The van der Waals surface area contributed by atoms with Crippen molar-refractivity contribution in [1.29, 1.82) is 0 Å². The Bertz CT molecular complexity index is 287. The molecule has 0 saturated carbocycles. The minimum absolute atomic E-state index is 0.891. The smallest absolute Gasteiger partial charge is 0.0416 e. The highest BCUT2D eigenvalue weighted by molar-refractivity contribution is 5.03. The molecule has 2 heteroatoms. The van der Waals surface area contributed by atoms with Gasteiger partial charge in [0.15, 0.2) is 0 Å². The van der Waals surface area contributed by atoms with E-state index in [1.807, 2.05) is 18.3 Å². The van der Waals surface area contributed by atoms with Gasteiger partial charge in [-0.1, -0.05) is 6.07 Å². The molecule has 0 radical (unpaired) electrons. The third-order valence-corrected chi connectivity index (χ3v) is 2.21. The van der Waals surface area contributed by atoms with Gasteiger partial charge < -0.3 is 5.32 Å². The van der Waals surface area contributed by atoms with Gasteiger partial charge in [0.05, 0.1) is 0 Å². The first-order valence-electron chi connectivity index (χ1n) is 5.47. The van der Waals surface area contributed by atoms with Gasteiger partial charge in [-0.25, -0.2) is 0 Å². The summed E-state index contributed by atoms with van der Waals surface area (Å²) >= 11 is 0. The molecule has 1 heterocycles. The molecule has 1 N–H and O–H groups in total. The van der Waals surface area contributed by atoms with Gasteiger partial charge in [0.25, 0.3) is 0 Å². The van der Waals surface area contributed by atoms with Crippen LogP contribution in [0.4, 0.5) is 0 Å². The summed E-state index contributed by atoms with van der Waals surface area (Å²) in [6.45, 7) is 2.04. The second-order valence-corrected chi connectivity index (χ2v) is 3.48. The molecular weight excluding hydrogens is 184 g/mol. The summed E-state index contributed by atoms with van der Waals surface area (Å²) in [6, 6.07) is 6.02. The molecule has 0 bridgehead atoms. The molecular formula is C13H18N2. The quantitative estimate of drug-likeness (QED) is 0.540. The molecule has 0 aromatic carbocycles. The van der Waals surface area contributed by atoms with Gasteiger partial charge >= 0.3 is 0 Å². The van der Waals surface area contributed by atoms with E-state index in [9.17, 15) is 0 Å². The van der Waals surface area contributed by atoms with E-state index >= 15 is 0 Å². The average Bonchev–Trinajstić information content (AvgIpc) is 2.29.